The smallest absolute Gasteiger partial charge is 0.380 e. The van der Waals surface area contributed by atoms with Crippen LogP contribution in [-0.2, 0) is 30.9 Å². The molecule has 0 bridgehead atoms. The van der Waals surface area contributed by atoms with E-state index in [0.29, 0.717) is 0 Å². The summed E-state index contributed by atoms with van der Waals surface area (Å²) in [6.45, 7) is -2.98. The summed E-state index contributed by atoms with van der Waals surface area (Å²) < 4.78 is 40.8. The molecule has 108 valence electrons. The molecule has 19 heavy (non-hydrogen) atoms. The summed E-state index contributed by atoms with van der Waals surface area (Å²) in [6.07, 6.45) is 0. The van der Waals surface area contributed by atoms with Gasteiger partial charge in [0.25, 0.3) is 0 Å². The minimum Gasteiger partial charge on any atom is -0.423 e. The largest absolute Gasteiger partial charge is 0.423 e. The lowest BCUT2D eigenvalue weighted by atomic mass is 10.3. The Kier molecular flexibility index (Phi) is 5.49. The maximum Gasteiger partial charge on any atom is 0.380 e. The lowest BCUT2D eigenvalue weighted by Crippen LogP contribution is -2.22. The molecule has 0 aliphatic heterocycles. The molecule has 0 saturated heterocycles. The van der Waals surface area contributed by atoms with Crippen LogP contribution in [0, 0.1) is 0 Å². The van der Waals surface area contributed by atoms with Crippen molar-refractivity contribution in [3.8, 4) is 5.75 Å². The standard InChI is InChI=1S/C10H16NO5PS2/c1-11(2)19(12,13)10-8-6-5-7-9(10)16-17(18,14-3)15-4/h5-8H,1-4H3. The number of rotatable bonds is 6. The van der Waals surface area contributed by atoms with Gasteiger partial charge < -0.3 is 13.6 Å². The molecule has 0 unspecified atom stereocenters. The van der Waals surface area contributed by atoms with Crippen LogP contribution in [0.1, 0.15) is 0 Å². The van der Waals surface area contributed by atoms with Crippen molar-refractivity contribution in [3.05, 3.63) is 24.3 Å². The summed E-state index contributed by atoms with van der Waals surface area (Å²) >= 11 is 5.07. The van der Waals surface area contributed by atoms with E-state index in [1.807, 2.05) is 0 Å². The summed E-state index contributed by atoms with van der Waals surface area (Å²) in [5.41, 5.74) is 0. The van der Waals surface area contributed by atoms with E-state index in [1.165, 1.54) is 40.4 Å². The zero-order chi connectivity index (χ0) is 14.7. The maximum absolute atomic E-state index is 12.2. The molecule has 0 saturated carbocycles. The van der Waals surface area contributed by atoms with Gasteiger partial charge >= 0.3 is 6.72 Å². The van der Waals surface area contributed by atoms with Gasteiger partial charge in [0.05, 0.1) is 0 Å². The number of hydrogen-bond donors (Lipinski definition) is 0. The molecule has 0 aliphatic rings. The van der Waals surface area contributed by atoms with Crippen LogP contribution in [0.5, 0.6) is 5.75 Å². The van der Waals surface area contributed by atoms with Crippen molar-refractivity contribution in [2.24, 2.45) is 0 Å². The van der Waals surface area contributed by atoms with Gasteiger partial charge in [0, 0.05) is 40.1 Å². The zero-order valence-corrected chi connectivity index (χ0v) is 13.6. The van der Waals surface area contributed by atoms with E-state index in [2.05, 4.69) is 0 Å². The quantitative estimate of drug-likeness (QED) is 0.744. The third kappa shape index (κ3) is 3.75. The Labute approximate surface area is 118 Å². The van der Waals surface area contributed by atoms with Crippen LogP contribution in [0.3, 0.4) is 0 Å². The van der Waals surface area contributed by atoms with E-state index in [9.17, 15) is 8.42 Å². The van der Waals surface area contributed by atoms with E-state index in [0.717, 1.165) is 4.31 Å². The van der Waals surface area contributed by atoms with E-state index >= 15 is 0 Å². The summed E-state index contributed by atoms with van der Waals surface area (Å²) in [5.74, 6) is 0.114. The third-order valence-electron chi connectivity index (χ3n) is 2.27. The Hall–Kier alpha value is -0.500. The van der Waals surface area contributed by atoms with Gasteiger partial charge in [-0.15, -0.1) is 0 Å². The first-order valence-electron chi connectivity index (χ1n) is 5.19. The molecular formula is C10H16NO5PS2. The topological polar surface area (TPSA) is 65.1 Å². The summed E-state index contributed by atoms with van der Waals surface area (Å²) in [6, 6.07) is 6.20. The molecule has 0 N–H and O–H groups in total. The molecule has 6 nitrogen and oxygen atoms in total. The van der Waals surface area contributed by atoms with Gasteiger partial charge in [-0.1, -0.05) is 12.1 Å². The summed E-state index contributed by atoms with van der Waals surface area (Å²) in [4.78, 5) is 0.0170. The second-order valence-electron chi connectivity index (χ2n) is 3.64. The molecule has 1 aromatic rings. The van der Waals surface area contributed by atoms with Crippen molar-refractivity contribution in [2.75, 3.05) is 28.3 Å². The minimum atomic E-state index is -3.63. The van der Waals surface area contributed by atoms with Crippen molar-refractivity contribution in [1.29, 1.82) is 0 Å². The molecule has 1 aromatic carbocycles. The highest BCUT2D eigenvalue weighted by Crippen LogP contribution is 2.49. The van der Waals surface area contributed by atoms with Crippen LogP contribution in [0.15, 0.2) is 29.2 Å². The van der Waals surface area contributed by atoms with Crippen LogP contribution in [0.25, 0.3) is 0 Å². The van der Waals surface area contributed by atoms with Gasteiger partial charge in [-0.25, -0.2) is 12.7 Å². The van der Waals surface area contributed by atoms with Crippen molar-refractivity contribution in [1.82, 2.24) is 4.31 Å². The molecule has 0 atom stereocenters. The van der Waals surface area contributed by atoms with Crippen molar-refractivity contribution >= 4 is 28.5 Å². The summed E-state index contributed by atoms with van der Waals surface area (Å²) in [5, 5.41) is 0. The number of benzene rings is 1. The van der Waals surface area contributed by atoms with Crippen LogP contribution in [0.2, 0.25) is 0 Å². The van der Waals surface area contributed by atoms with Crippen LogP contribution >= 0.6 is 6.72 Å². The second kappa shape index (κ2) is 6.30. The van der Waals surface area contributed by atoms with Gasteiger partial charge in [-0.3, -0.25) is 0 Å². The van der Waals surface area contributed by atoms with E-state index < -0.39 is 16.7 Å². The first kappa shape index (κ1) is 16.6. The van der Waals surface area contributed by atoms with Crippen molar-refractivity contribution < 1.29 is 22.0 Å². The molecule has 1 rings (SSSR count). The first-order chi connectivity index (χ1) is 8.77. The highest BCUT2D eigenvalue weighted by Gasteiger charge is 2.26. The molecule has 0 aliphatic carbocycles. The monoisotopic (exact) mass is 325 g/mol. The molecule has 0 spiro atoms. The SMILES string of the molecule is COP(=S)(OC)Oc1ccccc1S(=O)(=O)N(C)C. The van der Waals surface area contributed by atoms with Gasteiger partial charge in [-0.05, 0) is 12.1 Å². The molecule has 0 heterocycles. The van der Waals surface area contributed by atoms with Gasteiger partial charge in [0.15, 0.2) is 0 Å². The first-order valence-corrected chi connectivity index (χ1v) is 9.19. The van der Waals surface area contributed by atoms with Gasteiger partial charge in [-0.2, -0.15) is 0 Å². The van der Waals surface area contributed by atoms with Gasteiger partial charge in [0.1, 0.15) is 10.6 Å². The van der Waals surface area contributed by atoms with Crippen LogP contribution in [-0.4, -0.2) is 41.0 Å². The Balaban J connectivity index is 3.29. The fourth-order valence-electron chi connectivity index (χ4n) is 1.20. The Morgan fingerprint density at radius 1 is 1.16 bits per heavy atom. The second-order valence-corrected chi connectivity index (χ2v) is 8.91. The average molecular weight is 325 g/mol. The van der Waals surface area contributed by atoms with E-state index in [1.54, 1.807) is 12.1 Å². The highest BCUT2D eigenvalue weighted by molar-refractivity contribution is 8.07. The van der Waals surface area contributed by atoms with Crippen LogP contribution < -0.4 is 4.52 Å². The van der Waals surface area contributed by atoms with E-state index in [4.69, 9.17) is 25.4 Å². The molecule has 0 radical (unpaired) electrons. The van der Waals surface area contributed by atoms with Crippen molar-refractivity contribution in [3.63, 3.8) is 0 Å². The fraction of sp³-hybridized carbons (Fsp3) is 0.400. The molecule has 0 fully saturated rings. The normalized spacial score (nSPS) is 12.7. The number of para-hydroxylation sites is 1. The lowest BCUT2D eigenvalue weighted by Gasteiger charge is -2.21. The Morgan fingerprint density at radius 3 is 2.16 bits per heavy atom. The zero-order valence-electron chi connectivity index (χ0n) is 11.1. The Bertz CT molecular complexity index is 579. The molecular weight excluding hydrogens is 309 g/mol. The average Bonchev–Trinajstić information content (AvgIpc) is 2.38. The fourth-order valence-corrected chi connectivity index (χ4v) is 3.21. The predicted octanol–water partition coefficient (Wildman–Crippen LogP) is 1.83. The minimum absolute atomic E-state index is 0.0170. The predicted molar refractivity (Wildman–Crippen MR) is 76.2 cm³/mol. The molecule has 0 amide bonds. The molecule has 0 aromatic heterocycles. The highest BCUT2D eigenvalue weighted by atomic mass is 32.5. The molecule has 9 heteroatoms. The van der Waals surface area contributed by atoms with Gasteiger partial charge in [0.2, 0.25) is 10.0 Å². The van der Waals surface area contributed by atoms with E-state index in [-0.39, 0.29) is 10.6 Å². The van der Waals surface area contributed by atoms with Crippen molar-refractivity contribution in [2.45, 2.75) is 4.90 Å². The lowest BCUT2D eigenvalue weighted by molar-refractivity contribution is 0.271. The maximum atomic E-state index is 12.2. The number of hydrogen-bond acceptors (Lipinski definition) is 6. The third-order valence-corrected chi connectivity index (χ3v) is 6.55. The number of sulfonamides is 1. The number of nitrogens with zero attached hydrogens (tertiary/aromatic N) is 1. The summed E-state index contributed by atoms with van der Waals surface area (Å²) in [7, 11) is 1.96. The van der Waals surface area contributed by atoms with Crippen LogP contribution in [0.4, 0.5) is 0 Å². The Morgan fingerprint density at radius 2 is 1.68 bits per heavy atom.